The summed E-state index contributed by atoms with van der Waals surface area (Å²) < 4.78 is 1.76. The Morgan fingerprint density at radius 2 is 2.25 bits per heavy atom. The number of anilines is 1. The second-order valence-electron chi connectivity index (χ2n) is 4.27. The van der Waals surface area contributed by atoms with Crippen LogP contribution in [0.15, 0.2) is 18.3 Å². The van der Waals surface area contributed by atoms with Crippen molar-refractivity contribution in [2.45, 2.75) is 39.0 Å². The fourth-order valence-corrected chi connectivity index (χ4v) is 1.81. The molecule has 0 spiro atoms. The van der Waals surface area contributed by atoms with Crippen LogP contribution >= 0.6 is 0 Å². The maximum absolute atomic E-state index is 5.63. The van der Waals surface area contributed by atoms with E-state index in [4.69, 9.17) is 5.73 Å². The van der Waals surface area contributed by atoms with Crippen LogP contribution in [0.4, 0.5) is 5.82 Å². The van der Waals surface area contributed by atoms with E-state index >= 15 is 0 Å². The molecule has 2 rings (SSSR count). The van der Waals surface area contributed by atoms with Crippen LogP contribution in [0.5, 0.6) is 0 Å². The molecule has 2 N–H and O–H groups in total. The molecule has 0 aliphatic rings. The molecule has 0 aliphatic carbocycles. The Bertz CT molecular complexity index is 475. The van der Waals surface area contributed by atoms with Crippen LogP contribution in [-0.2, 0) is 0 Å². The number of aromatic nitrogens is 3. The van der Waals surface area contributed by atoms with E-state index in [1.165, 1.54) is 19.3 Å². The van der Waals surface area contributed by atoms with Crippen LogP contribution in [-0.4, -0.2) is 14.6 Å². The smallest absolute Gasteiger partial charge is 0.153 e. The summed E-state index contributed by atoms with van der Waals surface area (Å²) in [5, 5.41) is 4.19. The molecular formula is C12H18N4. The van der Waals surface area contributed by atoms with E-state index in [0.29, 0.717) is 11.7 Å². The van der Waals surface area contributed by atoms with E-state index in [2.05, 4.69) is 23.9 Å². The molecule has 86 valence electrons. The largest absolute Gasteiger partial charge is 0.382 e. The van der Waals surface area contributed by atoms with Gasteiger partial charge in [-0.1, -0.05) is 26.7 Å². The maximum atomic E-state index is 5.63. The van der Waals surface area contributed by atoms with Gasteiger partial charge in [0.25, 0.3) is 0 Å². The Balaban J connectivity index is 2.25. The highest BCUT2D eigenvalue weighted by molar-refractivity contribution is 5.43. The number of imidazole rings is 1. The van der Waals surface area contributed by atoms with Crippen molar-refractivity contribution in [2.75, 3.05) is 5.73 Å². The van der Waals surface area contributed by atoms with Gasteiger partial charge >= 0.3 is 0 Å². The molecular weight excluding hydrogens is 200 g/mol. The Kier molecular flexibility index (Phi) is 3.08. The minimum atomic E-state index is 0.489. The summed E-state index contributed by atoms with van der Waals surface area (Å²) in [6.07, 6.45) is 5.62. The molecule has 0 radical (unpaired) electrons. The lowest BCUT2D eigenvalue weighted by molar-refractivity contribution is 0.614. The fraction of sp³-hybridized carbons (Fsp3) is 0.500. The second-order valence-corrected chi connectivity index (χ2v) is 4.27. The highest BCUT2D eigenvalue weighted by atomic mass is 15.3. The van der Waals surface area contributed by atoms with Crippen molar-refractivity contribution in [1.29, 1.82) is 0 Å². The van der Waals surface area contributed by atoms with Crippen LogP contribution in [0.25, 0.3) is 5.65 Å². The predicted octanol–water partition coefficient (Wildman–Crippen LogP) is 2.61. The van der Waals surface area contributed by atoms with E-state index in [1.807, 2.05) is 12.3 Å². The first-order valence-corrected chi connectivity index (χ1v) is 5.82. The number of nitrogens with zero attached hydrogens (tertiary/aromatic N) is 3. The van der Waals surface area contributed by atoms with Gasteiger partial charge in [-0.15, -0.1) is 5.10 Å². The fourth-order valence-electron chi connectivity index (χ4n) is 1.81. The molecule has 16 heavy (non-hydrogen) atoms. The Labute approximate surface area is 95.5 Å². The monoisotopic (exact) mass is 218 g/mol. The van der Waals surface area contributed by atoms with Gasteiger partial charge in [0.05, 0.1) is 11.9 Å². The van der Waals surface area contributed by atoms with E-state index in [-0.39, 0.29) is 0 Å². The minimum Gasteiger partial charge on any atom is -0.382 e. The number of unbranched alkanes of at least 4 members (excludes halogenated alkanes) is 1. The summed E-state index contributed by atoms with van der Waals surface area (Å²) in [4.78, 5) is 4.55. The summed E-state index contributed by atoms with van der Waals surface area (Å²) >= 11 is 0. The Morgan fingerprint density at radius 3 is 3.00 bits per heavy atom. The first-order chi connectivity index (χ1) is 7.70. The number of rotatable bonds is 4. The minimum absolute atomic E-state index is 0.489. The molecule has 4 nitrogen and oxygen atoms in total. The highest BCUT2D eigenvalue weighted by Crippen LogP contribution is 2.20. The van der Waals surface area contributed by atoms with E-state index in [9.17, 15) is 0 Å². The molecule has 0 bridgehead atoms. The van der Waals surface area contributed by atoms with Gasteiger partial charge in [-0.3, -0.25) is 0 Å². The molecule has 2 aromatic rings. The average Bonchev–Trinajstić information content (AvgIpc) is 2.68. The lowest BCUT2D eigenvalue weighted by Crippen LogP contribution is -1.95. The van der Waals surface area contributed by atoms with Crippen LogP contribution in [0.2, 0.25) is 0 Å². The zero-order valence-corrected chi connectivity index (χ0v) is 9.85. The molecule has 0 aromatic carbocycles. The van der Waals surface area contributed by atoms with Crippen LogP contribution in [0, 0.1) is 0 Å². The number of fused-ring (bicyclic) bond motifs is 1. The van der Waals surface area contributed by atoms with E-state index < -0.39 is 0 Å². The lowest BCUT2D eigenvalue weighted by atomic mass is 10.0. The van der Waals surface area contributed by atoms with Gasteiger partial charge in [-0.25, -0.2) is 9.50 Å². The molecule has 2 aromatic heterocycles. The van der Waals surface area contributed by atoms with Crippen LogP contribution < -0.4 is 5.73 Å². The number of hydrogen-bond acceptors (Lipinski definition) is 3. The Morgan fingerprint density at radius 1 is 1.44 bits per heavy atom. The number of nitrogen functional groups attached to an aromatic ring is 1. The van der Waals surface area contributed by atoms with Crippen LogP contribution in [0.1, 0.15) is 44.7 Å². The van der Waals surface area contributed by atoms with Crippen molar-refractivity contribution >= 4 is 11.5 Å². The summed E-state index contributed by atoms with van der Waals surface area (Å²) in [6.45, 7) is 4.42. The van der Waals surface area contributed by atoms with Gasteiger partial charge < -0.3 is 5.73 Å². The van der Waals surface area contributed by atoms with Crippen molar-refractivity contribution in [3.05, 3.63) is 24.0 Å². The van der Waals surface area contributed by atoms with Crippen molar-refractivity contribution in [2.24, 2.45) is 0 Å². The molecule has 0 amide bonds. The topological polar surface area (TPSA) is 56.2 Å². The molecule has 0 saturated heterocycles. The van der Waals surface area contributed by atoms with E-state index in [0.717, 1.165) is 11.3 Å². The molecule has 1 atom stereocenters. The van der Waals surface area contributed by atoms with Gasteiger partial charge in [-0.2, -0.15) is 0 Å². The van der Waals surface area contributed by atoms with Gasteiger partial charge in [0.15, 0.2) is 5.65 Å². The first kappa shape index (κ1) is 10.9. The normalized spacial score (nSPS) is 13.1. The standard InChI is InChI=1S/C12H18N4/c1-3-4-5-9(2)10-8-16-12(14-10)7-6-11(13)15-16/h6-9H,3-5H2,1-2H3,(H2,13,15). The van der Waals surface area contributed by atoms with Crippen molar-refractivity contribution < 1.29 is 0 Å². The molecule has 0 saturated carbocycles. The molecule has 0 fully saturated rings. The summed E-state index contributed by atoms with van der Waals surface area (Å²) in [5.41, 5.74) is 7.60. The predicted molar refractivity (Wildman–Crippen MR) is 65.3 cm³/mol. The quantitative estimate of drug-likeness (QED) is 0.858. The third-order valence-corrected chi connectivity index (χ3v) is 2.85. The second kappa shape index (κ2) is 4.51. The molecule has 1 unspecified atom stereocenters. The van der Waals surface area contributed by atoms with Crippen molar-refractivity contribution in [3.8, 4) is 0 Å². The molecule has 2 heterocycles. The number of nitrogens with two attached hydrogens (primary N) is 1. The van der Waals surface area contributed by atoms with Gasteiger partial charge in [0.1, 0.15) is 5.82 Å². The first-order valence-electron chi connectivity index (χ1n) is 5.82. The third-order valence-electron chi connectivity index (χ3n) is 2.85. The number of hydrogen-bond donors (Lipinski definition) is 1. The molecule has 4 heteroatoms. The summed E-state index contributed by atoms with van der Waals surface area (Å²) in [7, 11) is 0. The zero-order valence-electron chi connectivity index (χ0n) is 9.85. The van der Waals surface area contributed by atoms with Crippen molar-refractivity contribution in [3.63, 3.8) is 0 Å². The lowest BCUT2D eigenvalue weighted by Gasteiger charge is -2.05. The van der Waals surface area contributed by atoms with Crippen molar-refractivity contribution in [1.82, 2.24) is 14.6 Å². The zero-order chi connectivity index (χ0) is 11.5. The van der Waals surface area contributed by atoms with Crippen LogP contribution in [0.3, 0.4) is 0 Å². The van der Waals surface area contributed by atoms with E-state index in [1.54, 1.807) is 10.6 Å². The third kappa shape index (κ3) is 2.15. The SMILES string of the molecule is CCCCC(C)c1cn2nc(N)ccc2n1. The van der Waals surface area contributed by atoms with Gasteiger partial charge in [0, 0.05) is 5.92 Å². The average molecular weight is 218 g/mol. The van der Waals surface area contributed by atoms with Gasteiger partial charge in [0.2, 0.25) is 0 Å². The summed E-state index contributed by atoms with van der Waals surface area (Å²) in [6, 6.07) is 3.68. The highest BCUT2D eigenvalue weighted by Gasteiger charge is 2.10. The maximum Gasteiger partial charge on any atom is 0.153 e. The van der Waals surface area contributed by atoms with Gasteiger partial charge in [-0.05, 0) is 18.6 Å². The Hall–Kier alpha value is -1.58. The summed E-state index contributed by atoms with van der Waals surface area (Å²) in [5.74, 6) is 1.01. The molecule has 0 aliphatic heterocycles.